The highest BCUT2D eigenvalue weighted by Crippen LogP contribution is 2.23. The minimum Gasteiger partial charge on any atom is -0.481 e. The minimum absolute atomic E-state index is 0.142. The van der Waals surface area contributed by atoms with Gasteiger partial charge in [-0.1, -0.05) is 20.8 Å². The SMILES string of the molecule is CC(C)(C)[C@@H](N)C(=O)N1CCC(C(=O)O)C1. The topological polar surface area (TPSA) is 83.6 Å². The molecule has 92 valence electrons. The number of carbonyl (C=O) groups is 2. The lowest BCUT2D eigenvalue weighted by Gasteiger charge is -2.29. The van der Waals surface area contributed by atoms with Crippen molar-refractivity contribution in [3.05, 3.63) is 0 Å². The molecule has 0 aromatic heterocycles. The molecule has 0 radical (unpaired) electrons. The van der Waals surface area contributed by atoms with Gasteiger partial charge in [0, 0.05) is 13.1 Å². The Morgan fingerprint density at radius 1 is 1.44 bits per heavy atom. The van der Waals surface area contributed by atoms with Crippen molar-refractivity contribution in [3.8, 4) is 0 Å². The van der Waals surface area contributed by atoms with Gasteiger partial charge >= 0.3 is 5.97 Å². The molecule has 1 aliphatic heterocycles. The van der Waals surface area contributed by atoms with E-state index in [1.807, 2.05) is 20.8 Å². The van der Waals surface area contributed by atoms with Gasteiger partial charge in [-0.2, -0.15) is 0 Å². The van der Waals surface area contributed by atoms with Crippen molar-refractivity contribution in [2.75, 3.05) is 13.1 Å². The fourth-order valence-electron chi connectivity index (χ4n) is 1.73. The van der Waals surface area contributed by atoms with E-state index >= 15 is 0 Å². The van der Waals surface area contributed by atoms with E-state index in [9.17, 15) is 9.59 Å². The summed E-state index contributed by atoms with van der Waals surface area (Å²) in [6.45, 7) is 6.50. The Morgan fingerprint density at radius 3 is 2.38 bits per heavy atom. The molecule has 1 heterocycles. The first kappa shape index (κ1) is 13.0. The zero-order chi connectivity index (χ0) is 12.5. The first-order valence-corrected chi connectivity index (χ1v) is 5.50. The first-order chi connectivity index (χ1) is 7.23. The molecule has 0 saturated carbocycles. The van der Waals surface area contributed by atoms with Crippen molar-refractivity contribution >= 4 is 11.9 Å². The van der Waals surface area contributed by atoms with E-state index in [2.05, 4.69) is 0 Å². The highest BCUT2D eigenvalue weighted by Gasteiger charge is 2.36. The van der Waals surface area contributed by atoms with Gasteiger partial charge in [0.1, 0.15) is 0 Å². The van der Waals surface area contributed by atoms with Gasteiger partial charge in [0.25, 0.3) is 0 Å². The Kier molecular flexibility index (Phi) is 3.57. The molecule has 2 atom stereocenters. The lowest BCUT2D eigenvalue weighted by Crippen LogP contribution is -2.49. The maximum absolute atomic E-state index is 12.0. The third-order valence-electron chi connectivity index (χ3n) is 3.05. The molecule has 1 saturated heterocycles. The highest BCUT2D eigenvalue weighted by molar-refractivity contribution is 5.83. The minimum atomic E-state index is -0.834. The van der Waals surface area contributed by atoms with Crippen molar-refractivity contribution in [3.63, 3.8) is 0 Å². The van der Waals surface area contributed by atoms with Crippen LogP contribution in [0.15, 0.2) is 0 Å². The van der Waals surface area contributed by atoms with Gasteiger partial charge in [0.2, 0.25) is 5.91 Å². The number of amides is 1. The highest BCUT2D eigenvalue weighted by atomic mass is 16.4. The average Bonchev–Trinajstić information content (AvgIpc) is 2.62. The molecule has 1 unspecified atom stereocenters. The van der Waals surface area contributed by atoms with E-state index in [-0.39, 0.29) is 17.9 Å². The second kappa shape index (κ2) is 4.41. The number of carbonyl (C=O) groups excluding carboxylic acids is 1. The van der Waals surface area contributed by atoms with Crippen LogP contribution in [0.3, 0.4) is 0 Å². The Balaban J connectivity index is 2.61. The number of aliphatic carboxylic acids is 1. The zero-order valence-corrected chi connectivity index (χ0v) is 10.1. The average molecular weight is 228 g/mol. The van der Waals surface area contributed by atoms with E-state index in [0.29, 0.717) is 13.0 Å². The Morgan fingerprint density at radius 2 is 2.00 bits per heavy atom. The van der Waals surface area contributed by atoms with Crippen LogP contribution in [-0.4, -0.2) is 41.0 Å². The number of rotatable bonds is 2. The normalized spacial score (nSPS) is 23.2. The molecule has 16 heavy (non-hydrogen) atoms. The summed E-state index contributed by atoms with van der Waals surface area (Å²) in [5, 5.41) is 8.84. The molecule has 5 heteroatoms. The van der Waals surface area contributed by atoms with E-state index in [0.717, 1.165) is 0 Å². The van der Waals surface area contributed by atoms with Gasteiger partial charge in [-0.05, 0) is 11.8 Å². The van der Waals surface area contributed by atoms with Crippen LogP contribution in [0.1, 0.15) is 27.2 Å². The predicted molar refractivity (Wildman–Crippen MR) is 59.8 cm³/mol. The summed E-state index contributed by atoms with van der Waals surface area (Å²) in [6, 6.07) is -0.569. The number of carboxylic acid groups (broad SMARTS) is 1. The Bertz CT molecular complexity index is 296. The number of hydrogen-bond donors (Lipinski definition) is 2. The smallest absolute Gasteiger partial charge is 0.308 e. The fourth-order valence-corrected chi connectivity index (χ4v) is 1.73. The van der Waals surface area contributed by atoms with Crippen molar-refractivity contribution in [2.45, 2.75) is 33.2 Å². The number of nitrogens with two attached hydrogens (primary N) is 1. The lowest BCUT2D eigenvalue weighted by molar-refractivity contribution is -0.141. The van der Waals surface area contributed by atoms with Crippen molar-refractivity contribution in [2.24, 2.45) is 17.1 Å². The number of hydrogen-bond acceptors (Lipinski definition) is 3. The summed E-state index contributed by atoms with van der Waals surface area (Å²) in [5.41, 5.74) is 5.56. The summed E-state index contributed by atoms with van der Waals surface area (Å²) < 4.78 is 0. The van der Waals surface area contributed by atoms with Crippen LogP contribution in [0.5, 0.6) is 0 Å². The molecule has 0 bridgehead atoms. The molecular weight excluding hydrogens is 208 g/mol. The molecular formula is C11H20N2O3. The molecule has 0 aliphatic carbocycles. The second-order valence-electron chi connectivity index (χ2n) is 5.45. The van der Waals surface area contributed by atoms with E-state index in [1.165, 1.54) is 0 Å². The first-order valence-electron chi connectivity index (χ1n) is 5.50. The maximum atomic E-state index is 12.0. The largest absolute Gasteiger partial charge is 0.481 e. The second-order valence-corrected chi connectivity index (χ2v) is 5.45. The molecule has 0 spiro atoms. The number of carboxylic acids is 1. The van der Waals surface area contributed by atoms with Gasteiger partial charge in [-0.25, -0.2) is 0 Å². The molecule has 3 N–H and O–H groups in total. The van der Waals surface area contributed by atoms with Crippen molar-refractivity contribution < 1.29 is 14.7 Å². The van der Waals surface area contributed by atoms with Crippen LogP contribution < -0.4 is 5.73 Å². The molecule has 1 rings (SSSR count). The third kappa shape index (κ3) is 2.72. The van der Waals surface area contributed by atoms with E-state index < -0.39 is 17.9 Å². The summed E-state index contributed by atoms with van der Waals surface area (Å²) in [7, 11) is 0. The third-order valence-corrected chi connectivity index (χ3v) is 3.05. The monoisotopic (exact) mass is 228 g/mol. The van der Waals surface area contributed by atoms with Crippen LogP contribution in [0.4, 0.5) is 0 Å². The number of nitrogens with zero attached hydrogens (tertiary/aromatic N) is 1. The molecule has 0 aromatic carbocycles. The van der Waals surface area contributed by atoms with Crippen LogP contribution >= 0.6 is 0 Å². The standard InChI is InChI=1S/C11H20N2O3/c1-11(2,3)8(12)9(14)13-5-4-7(6-13)10(15)16/h7-8H,4-6,12H2,1-3H3,(H,15,16)/t7?,8-/m0/s1. The quantitative estimate of drug-likeness (QED) is 0.711. The molecule has 0 aromatic rings. The van der Waals surface area contributed by atoms with Crippen molar-refractivity contribution in [1.82, 2.24) is 4.90 Å². The van der Waals surface area contributed by atoms with Crippen LogP contribution in [-0.2, 0) is 9.59 Å². The summed E-state index contributed by atoms with van der Waals surface area (Å²) in [5.74, 6) is -1.41. The zero-order valence-electron chi connectivity index (χ0n) is 10.1. The lowest BCUT2D eigenvalue weighted by atomic mass is 9.86. The molecule has 1 aliphatic rings. The van der Waals surface area contributed by atoms with E-state index in [1.54, 1.807) is 4.90 Å². The summed E-state index contributed by atoms with van der Waals surface area (Å²) >= 11 is 0. The van der Waals surface area contributed by atoms with Gasteiger partial charge < -0.3 is 15.7 Å². The molecule has 1 amide bonds. The summed E-state index contributed by atoms with van der Waals surface area (Å²) in [4.78, 5) is 24.3. The molecule has 5 nitrogen and oxygen atoms in total. The van der Waals surface area contributed by atoms with E-state index in [4.69, 9.17) is 10.8 Å². The fraction of sp³-hybridized carbons (Fsp3) is 0.818. The Labute approximate surface area is 95.6 Å². The van der Waals surface area contributed by atoms with Crippen molar-refractivity contribution in [1.29, 1.82) is 0 Å². The van der Waals surface area contributed by atoms with Crippen LogP contribution in [0.25, 0.3) is 0 Å². The van der Waals surface area contributed by atoms with Crippen LogP contribution in [0.2, 0.25) is 0 Å². The summed E-state index contributed by atoms with van der Waals surface area (Å²) in [6.07, 6.45) is 0.526. The van der Waals surface area contributed by atoms with Gasteiger partial charge in [-0.15, -0.1) is 0 Å². The van der Waals surface area contributed by atoms with Gasteiger partial charge in [0.15, 0.2) is 0 Å². The Hall–Kier alpha value is -1.10. The maximum Gasteiger partial charge on any atom is 0.308 e. The van der Waals surface area contributed by atoms with Crippen LogP contribution in [0, 0.1) is 11.3 Å². The van der Waals surface area contributed by atoms with Gasteiger partial charge in [0.05, 0.1) is 12.0 Å². The number of likely N-dealkylation sites (tertiary alicyclic amines) is 1. The van der Waals surface area contributed by atoms with Gasteiger partial charge in [-0.3, -0.25) is 9.59 Å². The predicted octanol–water partition coefficient (Wildman–Crippen LogP) is 0.293. The molecule has 1 fully saturated rings.